The van der Waals surface area contributed by atoms with Crippen LogP contribution in [0, 0.1) is 0 Å². The van der Waals surface area contributed by atoms with Crippen LogP contribution < -0.4 is 30.9 Å². The summed E-state index contributed by atoms with van der Waals surface area (Å²) in [6.45, 7) is 24.4. The number of hydrogen-bond donors (Lipinski definition) is 3. The van der Waals surface area contributed by atoms with E-state index in [-0.39, 0.29) is 45.4 Å². The molecule has 0 atom stereocenters. The molecular formula is C38H71N4O2+. The number of aromatic hydroxyl groups is 1. The first-order chi connectivity index (χ1) is 20.5. The van der Waals surface area contributed by atoms with Crippen LogP contribution in [0.5, 0.6) is 5.75 Å². The molecule has 0 bridgehead atoms. The average molecular weight is 616 g/mol. The lowest BCUT2D eigenvalue weighted by Gasteiger charge is -2.50. The minimum atomic E-state index is -0.0304. The first-order valence-electron chi connectivity index (χ1n) is 18.5. The molecule has 0 amide bonds. The summed E-state index contributed by atoms with van der Waals surface area (Å²) in [6, 6.07) is 0.451. The molecule has 1 aromatic carbocycles. The van der Waals surface area contributed by atoms with Gasteiger partial charge in [-0.2, -0.15) is 0 Å². The zero-order valence-electron chi connectivity index (χ0n) is 30.6. The van der Waals surface area contributed by atoms with Crippen molar-refractivity contribution in [2.75, 3.05) is 18.0 Å². The largest absolute Gasteiger partial charge is 0.501 e. The molecule has 254 valence electrons. The first kappa shape index (κ1) is 37.1. The van der Waals surface area contributed by atoms with E-state index in [1.807, 2.05) is 0 Å². The van der Waals surface area contributed by atoms with Crippen molar-refractivity contribution < 1.29 is 5.11 Å². The summed E-state index contributed by atoms with van der Waals surface area (Å²) >= 11 is 0. The van der Waals surface area contributed by atoms with Crippen LogP contribution in [0.15, 0.2) is 4.79 Å². The number of nitrogens with zero attached hydrogens (tertiary/aromatic N) is 2. The van der Waals surface area contributed by atoms with Crippen molar-refractivity contribution in [3.05, 3.63) is 15.6 Å². The van der Waals surface area contributed by atoms with Crippen LogP contribution in [-0.4, -0.2) is 52.4 Å². The predicted octanol–water partition coefficient (Wildman–Crippen LogP) is 7.55. The van der Waals surface area contributed by atoms with Crippen LogP contribution >= 0.6 is 0 Å². The van der Waals surface area contributed by atoms with E-state index in [4.69, 9.17) is 0 Å². The number of anilines is 1. The van der Waals surface area contributed by atoms with Gasteiger partial charge in [-0.05, 0) is 81.1 Å². The van der Waals surface area contributed by atoms with Crippen molar-refractivity contribution in [1.29, 1.82) is 0 Å². The molecule has 2 aliphatic heterocycles. The minimum absolute atomic E-state index is 0.0304. The number of nitrogens with one attached hydrogen (secondary N) is 2. The summed E-state index contributed by atoms with van der Waals surface area (Å²) < 4.78 is 2.34. The standard InChI is InChI=1S/C38H70N4O2/c1-11-13-15-17-19-21-23-41(29-25-35(3,4)39-36(5,6)26-29)31-33(43)32(34(31)44)42(24-22-20-18-16-14-12-2)30-27-37(7,8)40-38(9,10)28-30/h29-30,39-40H,11-28H2,1-10H3/p+1. The molecule has 0 spiro atoms. The summed E-state index contributed by atoms with van der Waals surface area (Å²) in [5.74, 6) is 0.259. The maximum absolute atomic E-state index is 14.4. The number of piperidine rings is 2. The Morgan fingerprint density at radius 1 is 0.682 bits per heavy atom. The molecule has 3 N–H and O–H groups in total. The number of hydrogen-bond acceptors (Lipinski definition) is 5. The van der Waals surface area contributed by atoms with Crippen LogP contribution in [0.3, 0.4) is 0 Å². The molecule has 2 aliphatic rings. The van der Waals surface area contributed by atoms with Crippen molar-refractivity contribution in [2.24, 2.45) is 0 Å². The number of unbranched alkanes of at least 4 members (excludes halogenated alkanes) is 10. The zero-order valence-corrected chi connectivity index (χ0v) is 30.6. The van der Waals surface area contributed by atoms with E-state index in [2.05, 4.69) is 89.3 Å². The fourth-order valence-corrected chi connectivity index (χ4v) is 8.97. The van der Waals surface area contributed by atoms with E-state index in [9.17, 15) is 9.90 Å². The van der Waals surface area contributed by atoms with Gasteiger partial charge in [0, 0.05) is 54.0 Å². The summed E-state index contributed by atoms with van der Waals surface area (Å²) in [5, 5.41) is 20.1. The monoisotopic (exact) mass is 616 g/mol. The topological polar surface area (TPSA) is 67.6 Å². The highest BCUT2D eigenvalue weighted by molar-refractivity contribution is 5.63. The summed E-state index contributed by atoms with van der Waals surface area (Å²) in [5.41, 5.74) is 0.541. The highest BCUT2D eigenvalue weighted by Gasteiger charge is 2.46. The van der Waals surface area contributed by atoms with Crippen LogP contribution in [0.25, 0.3) is 0 Å². The van der Waals surface area contributed by atoms with Crippen LogP contribution in [0.2, 0.25) is 0 Å². The molecule has 6 heteroatoms. The van der Waals surface area contributed by atoms with Crippen molar-refractivity contribution in [2.45, 2.75) is 206 Å². The molecular weight excluding hydrogens is 544 g/mol. The van der Waals surface area contributed by atoms with Crippen molar-refractivity contribution in [1.82, 2.24) is 15.2 Å². The fourth-order valence-electron chi connectivity index (χ4n) is 8.97. The molecule has 2 saturated heterocycles. The van der Waals surface area contributed by atoms with Gasteiger partial charge in [0.1, 0.15) is 12.2 Å². The maximum atomic E-state index is 14.4. The lowest BCUT2D eigenvalue weighted by atomic mass is 9.78. The van der Waals surface area contributed by atoms with Gasteiger partial charge in [-0.25, -0.2) is 4.58 Å². The van der Waals surface area contributed by atoms with E-state index in [1.54, 1.807) is 0 Å². The highest BCUT2D eigenvalue weighted by Crippen LogP contribution is 2.36. The normalized spacial score (nSPS) is 22.3. The maximum Gasteiger partial charge on any atom is 0.294 e. The molecule has 44 heavy (non-hydrogen) atoms. The SMILES string of the molecule is CCCCCCCCN(c1c(O)c(=[N+](CCCCCCCC)C2CC(C)(C)NC(C)(C)C2)c1=O)C1CC(C)(C)NC(C)(C)C1. The van der Waals surface area contributed by atoms with Gasteiger partial charge in [-0.1, -0.05) is 71.6 Å². The molecule has 0 saturated carbocycles. The predicted molar refractivity (Wildman–Crippen MR) is 190 cm³/mol. The second-order valence-corrected chi connectivity index (χ2v) is 17.2. The number of rotatable bonds is 17. The molecule has 0 aromatic heterocycles. The third kappa shape index (κ3) is 10.3. The Kier molecular flexibility index (Phi) is 13.0. The Labute approximate surface area is 271 Å². The Balaban J connectivity index is 1.99. The molecule has 1 aromatic rings. The van der Waals surface area contributed by atoms with E-state index >= 15 is 0 Å². The van der Waals surface area contributed by atoms with E-state index in [1.165, 1.54) is 64.2 Å². The lowest BCUT2D eigenvalue weighted by molar-refractivity contribution is 0.132. The van der Waals surface area contributed by atoms with Gasteiger partial charge < -0.3 is 20.6 Å². The summed E-state index contributed by atoms with van der Waals surface area (Å²) in [7, 11) is 0. The van der Waals surface area contributed by atoms with E-state index < -0.39 is 0 Å². The molecule has 0 unspecified atom stereocenters. The van der Waals surface area contributed by atoms with Gasteiger partial charge in [0.05, 0.1) is 0 Å². The average Bonchev–Trinajstić information content (AvgIpc) is 2.87. The van der Waals surface area contributed by atoms with Gasteiger partial charge in [-0.15, -0.1) is 0 Å². The van der Waals surface area contributed by atoms with Gasteiger partial charge in [0.25, 0.3) is 10.8 Å². The molecule has 0 radical (unpaired) electrons. The van der Waals surface area contributed by atoms with Gasteiger partial charge in [0.2, 0.25) is 5.75 Å². The minimum Gasteiger partial charge on any atom is -0.501 e. The zero-order chi connectivity index (χ0) is 32.8. The second kappa shape index (κ2) is 15.5. The quantitative estimate of drug-likeness (QED) is 0.125. The van der Waals surface area contributed by atoms with Gasteiger partial charge in [0.15, 0.2) is 6.04 Å². The van der Waals surface area contributed by atoms with Crippen LogP contribution in [0.1, 0.15) is 172 Å². The molecule has 2 heterocycles. The Morgan fingerprint density at radius 2 is 1.11 bits per heavy atom. The fraction of sp³-hybridized carbons (Fsp3) is 0.895. The Morgan fingerprint density at radius 3 is 1.59 bits per heavy atom. The smallest absolute Gasteiger partial charge is 0.294 e. The molecule has 0 aliphatic carbocycles. The van der Waals surface area contributed by atoms with Crippen molar-refractivity contribution in [3.63, 3.8) is 0 Å². The highest BCUT2D eigenvalue weighted by atomic mass is 16.3. The first-order valence-corrected chi connectivity index (χ1v) is 18.5. The van der Waals surface area contributed by atoms with Gasteiger partial charge in [-0.3, -0.25) is 4.79 Å². The third-order valence-corrected chi connectivity index (χ3v) is 10.2. The van der Waals surface area contributed by atoms with Crippen LogP contribution in [0.4, 0.5) is 5.69 Å². The Hall–Kier alpha value is -1.40. The molecule has 6 nitrogen and oxygen atoms in total. The lowest BCUT2D eigenvalue weighted by Crippen LogP contribution is -2.65. The van der Waals surface area contributed by atoms with Crippen LogP contribution in [-0.2, 0) is 0 Å². The summed E-state index contributed by atoms with van der Waals surface area (Å²) in [6.07, 6.45) is 18.5. The van der Waals surface area contributed by atoms with Gasteiger partial charge >= 0.3 is 0 Å². The summed E-state index contributed by atoms with van der Waals surface area (Å²) in [4.78, 5) is 16.7. The van der Waals surface area contributed by atoms with E-state index in [0.29, 0.717) is 11.0 Å². The second-order valence-electron chi connectivity index (χ2n) is 17.2. The van der Waals surface area contributed by atoms with Crippen molar-refractivity contribution >= 4 is 5.69 Å². The molecule has 2 fully saturated rings. The van der Waals surface area contributed by atoms with E-state index in [0.717, 1.165) is 51.6 Å². The molecule has 3 rings (SSSR count). The Bertz CT molecular complexity index is 1090. The third-order valence-electron chi connectivity index (χ3n) is 10.2. The van der Waals surface area contributed by atoms with Crippen molar-refractivity contribution in [3.8, 4) is 5.75 Å².